The van der Waals surface area contributed by atoms with E-state index >= 15 is 0 Å². The quantitative estimate of drug-likeness (QED) is 0.887. The van der Waals surface area contributed by atoms with Gasteiger partial charge in [-0.15, -0.1) is 0 Å². The van der Waals surface area contributed by atoms with Crippen molar-refractivity contribution in [3.05, 3.63) is 24.0 Å². The lowest BCUT2D eigenvalue weighted by Gasteiger charge is -1.97. The maximum Gasteiger partial charge on any atom is 0.452 e. The van der Waals surface area contributed by atoms with Crippen molar-refractivity contribution in [1.82, 2.24) is 18.9 Å². The van der Waals surface area contributed by atoms with Gasteiger partial charge < -0.3 is 5.11 Å². The van der Waals surface area contributed by atoms with Crippen molar-refractivity contribution in [2.24, 2.45) is 0 Å². The predicted octanol–water partition coefficient (Wildman–Crippen LogP) is 1.44. The Labute approximate surface area is 95.5 Å². The van der Waals surface area contributed by atoms with E-state index in [0.717, 1.165) is 17.1 Å². The van der Waals surface area contributed by atoms with Crippen LogP contribution in [0.3, 0.4) is 0 Å². The van der Waals surface area contributed by atoms with E-state index in [4.69, 9.17) is 5.11 Å². The molecule has 0 spiro atoms. The number of carboxylic acids is 1. The van der Waals surface area contributed by atoms with Crippen LogP contribution < -0.4 is 0 Å². The van der Waals surface area contributed by atoms with Crippen molar-refractivity contribution < 1.29 is 23.1 Å². The molecular weight excluding hydrogens is 261 g/mol. The van der Waals surface area contributed by atoms with Crippen LogP contribution in [-0.4, -0.2) is 30.0 Å². The highest BCUT2D eigenvalue weighted by atomic mass is 32.1. The Morgan fingerprint density at radius 2 is 2.18 bits per heavy atom. The number of hydrogen-bond donors (Lipinski definition) is 1. The van der Waals surface area contributed by atoms with Crippen molar-refractivity contribution >= 4 is 17.5 Å². The van der Waals surface area contributed by atoms with E-state index in [0.29, 0.717) is 11.5 Å². The van der Waals surface area contributed by atoms with Crippen LogP contribution in [0.25, 0.3) is 5.13 Å². The average molecular weight is 264 g/mol. The van der Waals surface area contributed by atoms with Gasteiger partial charge in [0.05, 0.1) is 0 Å². The largest absolute Gasteiger partial charge is 0.476 e. The smallest absolute Gasteiger partial charge is 0.452 e. The molecule has 0 fully saturated rings. The maximum absolute atomic E-state index is 12.2. The molecule has 2 rings (SSSR count). The predicted molar refractivity (Wildman–Crippen MR) is 49.0 cm³/mol. The van der Waals surface area contributed by atoms with E-state index in [-0.39, 0.29) is 10.8 Å². The minimum atomic E-state index is -4.62. The van der Waals surface area contributed by atoms with E-state index in [1.54, 1.807) is 0 Å². The standard InChI is InChI=1S/C7H3F3N4O2S/c8-7(9,10)5-12-6(17-13-5)14-1-3(4(15)16)11-2-14/h1-2H,(H,15,16). The molecule has 2 aromatic rings. The second-order valence-electron chi connectivity index (χ2n) is 2.87. The second kappa shape index (κ2) is 3.80. The fourth-order valence-corrected chi connectivity index (χ4v) is 1.61. The molecule has 0 aliphatic carbocycles. The van der Waals surface area contributed by atoms with Gasteiger partial charge in [-0.25, -0.2) is 9.78 Å². The van der Waals surface area contributed by atoms with Crippen molar-refractivity contribution in [3.63, 3.8) is 0 Å². The first-order valence-corrected chi connectivity index (χ1v) is 4.84. The summed E-state index contributed by atoms with van der Waals surface area (Å²) in [5.41, 5.74) is -0.284. The first-order chi connectivity index (χ1) is 7.88. The number of hydrogen-bond acceptors (Lipinski definition) is 5. The zero-order valence-electron chi connectivity index (χ0n) is 7.84. The van der Waals surface area contributed by atoms with E-state index in [2.05, 4.69) is 14.3 Å². The van der Waals surface area contributed by atoms with Gasteiger partial charge in [0.25, 0.3) is 0 Å². The Kier molecular flexibility index (Phi) is 2.58. The summed E-state index contributed by atoms with van der Waals surface area (Å²) in [6, 6.07) is 0. The third kappa shape index (κ3) is 2.25. The van der Waals surface area contributed by atoms with Gasteiger partial charge in [-0.05, 0) is 0 Å². The molecule has 0 amide bonds. The lowest BCUT2D eigenvalue weighted by Crippen LogP contribution is -2.07. The van der Waals surface area contributed by atoms with E-state index < -0.39 is 18.0 Å². The van der Waals surface area contributed by atoms with Crippen molar-refractivity contribution in [3.8, 4) is 5.13 Å². The molecule has 10 heteroatoms. The summed E-state index contributed by atoms with van der Waals surface area (Å²) >= 11 is 0.503. The van der Waals surface area contributed by atoms with Crippen LogP contribution in [0.4, 0.5) is 13.2 Å². The van der Waals surface area contributed by atoms with Crippen molar-refractivity contribution in [2.75, 3.05) is 0 Å². The molecule has 0 bridgehead atoms. The van der Waals surface area contributed by atoms with E-state index in [1.165, 1.54) is 0 Å². The summed E-state index contributed by atoms with van der Waals surface area (Å²) in [4.78, 5) is 17.2. The second-order valence-corrected chi connectivity index (χ2v) is 3.60. The maximum atomic E-state index is 12.2. The number of rotatable bonds is 2. The molecule has 90 valence electrons. The van der Waals surface area contributed by atoms with Gasteiger partial charge in [0.1, 0.15) is 6.33 Å². The first kappa shape index (κ1) is 11.5. The highest BCUT2D eigenvalue weighted by Gasteiger charge is 2.36. The molecule has 0 saturated carbocycles. The molecule has 0 unspecified atom stereocenters. The Morgan fingerprint density at radius 1 is 1.47 bits per heavy atom. The van der Waals surface area contributed by atoms with Gasteiger partial charge in [-0.2, -0.15) is 22.5 Å². The Hall–Kier alpha value is -1.97. The molecule has 0 atom stereocenters. The molecule has 0 aromatic carbocycles. The number of imidazole rings is 1. The summed E-state index contributed by atoms with van der Waals surface area (Å²) in [5, 5.41) is 8.49. The molecule has 0 aliphatic heterocycles. The number of carbonyl (C=O) groups is 1. The molecular formula is C7H3F3N4O2S. The summed E-state index contributed by atoms with van der Waals surface area (Å²) in [6.45, 7) is 0. The number of nitrogens with zero attached hydrogens (tertiary/aromatic N) is 4. The monoisotopic (exact) mass is 264 g/mol. The number of alkyl halides is 3. The van der Waals surface area contributed by atoms with Crippen LogP contribution in [0.1, 0.15) is 16.3 Å². The SMILES string of the molecule is O=C(O)c1cn(-c2nc(C(F)(F)F)ns2)cn1. The van der Waals surface area contributed by atoms with Gasteiger partial charge >= 0.3 is 12.1 Å². The minimum Gasteiger partial charge on any atom is -0.476 e. The minimum absolute atomic E-state index is 0.0997. The molecule has 0 saturated heterocycles. The molecule has 1 N–H and O–H groups in total. The topological polar surface area (TPSA) is 80.9 Å². The van der Waals surface area contributed by atoms with Crippen LogP contribution in [0.15, 0.2) is 12.5 Å². The Morgan fingerprint density at radius 3 is 2.65 bits per heavy atom. The van der Waals surface area contributed by atoms with Gasteiger partial charge in [0.15, 0.2) is 5.69 Å². The highest BCUT2D eigenvalue weighted by Crippen LogP contribution is 2.28. The van der Waals surface area contributed by atoms with Crippen molar-refractivity contribution in [2.45, 2.75) is 6.18 Å². The molecule has 0 radical (unpaired) electrons. The average Bonchev–Trinajstić information content (AvgIpc) is 2.85. The fraction of sp³-hybridized carbons (Fsp3) is 0.143. The van der Waals surface area contributed by atoms with Crippen LogP contribution in [0.2, 0.25) is 0 Å². The number of aromatic carboxylic acids is 1. The van der Waals surface area contributed by atoms with Gasteiger partial charge in [0, 0.05) is 17.7 Å². The fourth-order valence-electron chi connectivity index (χ4n) is 0.973. The molecule has 0 aliphatic rings. The van der Waals surface area contributed by atoms with Crippen LogP contribution >= 0.6 is 11.5 Å². The lowest BCUT2D eigenvalue weighted by molar-refractivity contribution is -0.144. The van der Waals surface area contributed by atoms with Crippen LogP contribution in [0.5, 0.6) is 0 Å². The molecule has 17 heavy (non-hydrogen) atoms. The van der Waals surface area contributed by atoms with Gasteiger partial charge in [-0.3, -0.25) is 4.57 Å². The van der Waals surface area contributed by atoms with E-state index in [9.17, 15) is 18.0 Å². The highest BCUT2D eigenvalue weighted by molar-refractivity contribution is 7.08. The zero-order valence-corrected chi connectivity index (χ0v) is 8.66. The zero-order chi connectivity index (χ0) is 12.6. The van der Waals surface area contributed by atoms with Crippen LogP contribution in [-0.2, 0) is 6.18 Å². The number of carboxylic acid groups (broad SMARTS) is 1. The first-order valence-electron chi connectivity index (χ1n) is 4.06. The number of aromatic nitrogens is 4. The van der Waals surface area contributed by atoms with E-state index in [1.807, 2.05) is 0 Å². The molecule has 6 nitrogen and oxygen atoms in total. The number of halogens is 3. The normalized spacial score (nSPS) is 11.7. The van der Waals surface area contributed by atoms with Crippen LogP contribution in [0, 0.1) is 0 Å². The third-order valence-corrected chi connectivity index (χ3v) is 2.42. The summed E-state index contributed by atoms with van der Waals surface area (Å²) in [6.07, 6.45) is -2.50. The van der Waals surface area contributed by atoms with Gasteiger partial charge in [-0.1, -0.05) is 0 Å². The Bertz CT molecular complexity index is 561. The lowest BCUT2D eigenvalue weighted by atomic mass is 10.5. The Balaban J connectivity index is 2.34. The van der Waals surface area contributed by atoms with Crippen molar-refractivity contribution in [1.29, 1.82) is 0 Å². The van der Waals surface area contributed by atoms with Gasteiger partial charge in [0.2, 0.25) is 11.0 Å². The summed E-state index contributed by atoms with van der Waals surface area (Å²) in [5.74, 6) is -2.53. The summed E-state index contributed by atoms with van der Waals surface area (Å²) < 4.78 is 40.8. The molecule has 2 aromatic heterocycles. The third-order valence-electron chi connectivity index (χ3n) is 1.69. The summed E-state index contributed by atoms with van der Waals surface area (Å²) in [7, 11) is 0. The molecule has 2 heterocycles.